The summed E-state index contributed by atoms with van der Waals surface area (Å²) in [4.78, 5) is 21.1. The molecule has 0 saturated carbocycles. The fourth-order valence-corrected chi connectivity index (χ4v) is 3.19. The second-order valence-corrected chi connectivity index (χ2v) is 6.36. The molecule has 4 rings (SSSR count). The van der Waals surface area contributed by atoms with E-state index in [1.165, 1.54) is 0 Å². The standard InChI is InChI=1S/C20H21N5O/c26-20(14-17-15-22-25(16-17)18-6-2-1-3-7-18)24-12-10-23(11-13-24)19-8-4-5-9-21-19/h1-9,15-16H,10-14H2. The number of pyridine rings is 1. The summed E-state index contributed by atoms with van der Waals surface area (Å²) in [6, 6.07) is 15.8. The van der Waals surface area contributed by atoms with Gasteiger partial charge in [-0.25, -0.2) is 9.67 Å². The number of carbonyl (C=O) groups is 1. The highest BCUT2D eigenvalue weighted by atomic mass is 16.2. The van der Waals surface area contributed by atoms with Crippen molar-refractivity contribution >= 4 is 11.7 Å². The molecule has 26 heavy (non-hydrogen) atoms. The molecule has 3 aromatic rings. The van der Waals surface area contributed by atoms with E-state index in [1.54, 1.807) is 12.4 Å². The molecule has 1 aliphatic rings. The van der Waals surface area contributed by atoms with Crippen LogP contribution in [0, 0.1) is 0 Å². The van der Waals surface area contributed by atoms with Crippen molar-refractivity contribution in [1.82, 2.24) is 19.7 Å². The molecule has 0 bridgehead atoms. The summed E-state index contributed by atoms with van der Waals surface area (Å²) in [6.45, 7) is 3.07. The smallest absolute Gasteiger partial charge is 0.227 e. The van der Waals surface area contributed by atoms with Gasteiger partial charge in [-0.15, -0.1) is 0 Å². The van der Waals surface area contributed by atoms with Crippen LogP contribution in [-0.2, 0) is 11.2 Å². The van der Waals surface area contributed by atoms with E-state index in [0.29, 0.717) is 6.42 Å². The molecule has 0 atom stereocenters. The molecule has 2 aromatic heterocycles. The first-order chi connectivity index (χ1) is 12.8. The van der Waals surface area contributed by atoms with Crippen LogP contribution in [0.2, 0.25) is 0 Å². The van der Waals surface area contributed by atoms with Crippen molar-refractivity contribution in [1.29, 1.82) is 0 Å². The van der Waals surface area contributed by atoms with Crippen molar-refractivity contribution in [3.05, 3.63) is 72.7 Å². The number of aromatic nitrogens is 3. The molecule has 6 nitrogen and oxygen atoms in total. The van der Waals surface area contributed by atoms with Gasteiger partial charge in [0.1, 0.15) is 5.82 Å². The average molecular weight is 347 g/mol. The molecule has 1 amide bonds. The SMILES string of the molecule is O=C(Cc1cnn(-c2ccccc2)c1)N1CCN(c2ccccn2)CC1. The van der Waals surface area contributed by atoms with Gasteiger partial charge in [-0.3, -0.25) is 4.79 Å². The molecule has 0 radical (unpaired) electrons. The first-order valence-corrected chi connectivity index (χ1v) is 8.82. The normalized spacial score (nSPS) is 14.5. The van der Waals surface area contributed by atoms with Gasteiger partial charge >= 0.3 is 0 Å². The van der Waals surface area contributed by atoms with E-state index in [9.17, 15) is 4.79 Å². The largest absolute Gasteiger partial charge is 0.353 e. The van der Waals surface area contributed by atoms with Gasteiger partial charge in [0.15, 0.2) is 0 Å². The Bertz CT molecular complexity index is 854. The summed E-state index contributed by atoms with van der Waals surface area (Å²) in [6.07, 6.45) is 5.89. The van der Waals surface area contributed by atoms with E-state index >= 15 is 0 Å². The molecule has 132 valence electrons. The molecule has 3 heterocycles. The molecule has 1 aromatic carbocycles. The zero-order valence-electron chi connectivity index (χ0n) is 14.5. The Balaban J connectivity index is 1.34. The van der Waals surface area contributed by atoms with Crippen LogP contribution < -0.4 is 4.90 Å². The molecule has 0 unspecified atom stereocenters. The number of anilines is 1. The molecule has 1 saturated heterocycles. The number of para-hydroxylation sites is 1. The minimum absolute atomic E-state index is 0.151. The predicted octanol–water partition coefficient (Wildman–Crippen LogP) is 2.16. The quantitative estimate of drug-likeness (QED) is 0.726. The third-order valence-corrected chi connectivity index (χ3v) is 4.62. The zero-order valence-corrected chi connectivity index (χ0v) is 14.5. The molecule has 0 N–H and O–H groups in total. The van der Waals surface area contributed by atoms with Crippen LogP contribution >= 0.6 is 0 Å². The van der Waals surface area contributed by atoms with E-state index in [1.807, 2.05) is 64.3 Å². The van der Waals surface area contributed by atoms with Crippen molar-refractivity contribution in [3.8, 4) is 5.69 Å². The van der Waals surface area contributed by atoms with Gasteiger partial charge in [-0.2, -0.15) is 5.10 Å². The predicted molar refractivity (Wildman–Crippen MR) is 100 cm³/mol. The lowest BCUT2D eigenvalue weighted by molar-refractivity contribution is -0.130. The Morgan fingerprint density at radius 3 is 2.46 bits per heavy atom. The number of piperazine rings is 1. The van der Waals surface area contributed by atoms with Crippen LogP contribution in [0.5, 0.6) is 0 Å². The third-order valence-electron chi connectivity index (χ3n) is 4.62. The summed E-state index contributed by atoms with van der Waals surface area (Å²) in [5.41, 5.74) is 1.93. The maximum atomic E-state index is 12.6. The molecule has 0 aliphatic carbocycles. The Morgan fingerprint density at radius 2 is 1.73 bits per heavy atom. The highest BCUT2D eigenvalue weighted by Crippen LogP contribution is 2.14. The average Bonchev–Trinajstić information content (AvgIpc) is 3.18. The summed E-state index contributed by atoms with van der Waals surface area (Å²) >= 11 is 0. The van der Waals surface area contributed by atoms with Crippen LogP contribution in [0.4, 0.5) is 5.82 Å². The van der Waals surface area contributed by atoms with Crippen molar-refractivity contribution in [2.45, 2.75) is 6.42 Å². The summed E-state index contributed by atoms with van der Waals surface area (Å²) in [5.74, 6) is 1.13. The number of benzene rings is 1. The van der Waals surface area contributed by atoms with Crippen molar-refractivity contribution in [2.24, 2.45) is 0 Å². The monoisotopic (exact) mass is 347 g/mol. The maximum absolute atomic E-state index is 12.6. The number of hydrogen-bond donors (Lipinski definition) is 0. The summed E-state index contributed by atoms with van der Waals surface area (Å²) < 4.78 is 1.81. The lowest BCUT2D eigenvalue weighted by Crippen LogP contribution is -2.49. The minimum Gasteiger partial charge on any atom is -0.353 e. The number of carbonyl (C=O) groups excluding carboxylic acids is 1. The van der Waals surface area contributed by atoms with Gasteiger partial charge < -0.3 is 9.80 Å². The number of amides is 1. The zero-order chi connectivity index (χ0) is 17.8. The second kappa shape index (κ2) is 7.39. The number of nitrogens with zero attached hydrogens (tertiary/aromatic N) is 5. The lowest BCUT2D eigenvalue weighted by atomic mass is 10.2. The Hall–Kier alpha value is -3.15. The van der Waals surface area contributed by atoms with Crippen LogP contribution in [0.1, 0.15) is 5.56 Å². The van der Waals surface area contributed by atoms with E-state index in [-0.39, 0.29) is 5.91 Å². The number of hydrogen-bond acceptors (Lipinski definition) is 4. The Morgan fingerprint density at radius 1 is 0.962 bits per heavy atom. The summed E-state index contributed by atoms with van der Waals surface area (Å²) in [5, 5.41) is 4.37. The summed E-state index contributed by atoms with van der Waals surface area (Å²) in [7, 11) is 0. The van der Waals surface area contributed by atoms with Crippen LogP contribution in [0.25, 0.3) is 5.69 Å². The van der Waals surface area contributed by atoms with Gasteiger partial charge in [0.05, 0.1) is 18.3 Å². The Labute approximate surface area is 152 Å². The second-order valence-electron chi connectivity index (χ2n) is 6.36. The highest BCUT2D eigenvalue weighted by Gasteiger charge is 2.22. The topological polar surface area (TPSA) is 54.3 Å². The van der Waals surface area contributed by atoms with Gasteiger partial charge in [0.2, 0.25) is 5.91 Å². The van der Waals surface area contributed by atoms with E-state index in [4.69, 9.17) is 0 Å². The Kier molecular flexibility index (Phi) is 4.64. The first-order valence-electron chi connectivity index (χ1n) is 8.82. The minimum atomic E-state index is 0.151. The molecular weight excluding hydrogens is 326 g/mol. The van der Waals surface area contributed by atoms with E-state index < -0.39 is 0 Å². The van der Waals surface area contributed by atoms with E-state index in [2.05, 4.69) is 15.0 Å². The maximum Gasteiger partial charge on any atom is 0.227 e. The fourth-order valence-electron chi connectivity index (χ4n) is 3.19. The van der Waals surface area contributed by atoms with Gasteiger partial charge in [0.25, 0.3) is 0 Å². The van der Waals surface area contributed by atoms with Crippen molar-refractivity contribution < 1.29 is 4.79 Å². The molecule has 1 aliphatic heterocycles. The van der Waals surface area contributed by atoms with Crippen LogP contribution in [0.3, 0.4) is 0 Å². The van der Waals surface area contributed by atoms with Gasteiger partial charge in [-0.1, -0.05) is 24.3 Å². The first kappa shape index (κ1) is 16.3. The van der Waals surface area contributed by atoms with Crippen LogP contribution in [0.15, 0.2) is 67.1 Å². The molecule has 1 fully saturated rings. The molecule has 0 spiro atoms. The highest BCUT2D eigenvalue weighted by molar-refractivity contribution is 5.79. The van der Waals surface area contributed by atoms with Crippen molar-refractivity contribution in [3.63, 3.8) is 0 Å². The third kappa shape index (κ3) is 3.59. The van der Waals surface area contributed by atoms with Gasteiger partial charge in [-0.05, 0) is 29.8 Å². The number of rotatable bonds is 4. The molecular formula is C20H21N5O. The van der Waals surface area contributed by atoms with E-state index in [0.717, 1.165) is 43.2 Å². The van der Waals surface area contributed by atoms with Gasteiger partial charge in [0, 0.05) is 38.6 Å². The lowest BCUT2D eigenvalue weighted by Gasteiger charge is -2.35. The van der Waals surface area contributed by atoms with Crippen LogP contribution in [-0.4, -0.2) is 51.8 Å². The molecule has 6 heteroatoms. The van der Waals surface area contributed by atoms with Crippen molar-refractivity contribution in [2.75, 3.05) is 31.1 Å². The fraction of sp³-hybridized carbons (Fsp3) is 0.250.